The van der Waals surface area contributed by atoms with Crippen LogP contribution < -0.4 is 10.1 Å². The molecule has 2 aliphatic rings. The van der Waals surface area contributed by atoms with Gasteiger partial charge in [0.15, 0.2) is 0 Å². The second kappa shape index (κ2) is 8.07. The molecular weight excluding hydrogens is 366 g/mol. The highest BCUT2D eigenvalue weighted by atomic mass is 16.5. The van der Waals surface area contributed by atoms with E-state index in [4.69, 9.17) is 9.73 Å². The Morgan fingerprint density at radius 2 is 1.76 bits per heavy atom. The molecule has 0 saturated heterocycles. The molecule has 2 aromatic carbocycles. The number of carbonyl (C=O) groups excluding carboxylic acids is 2. The maximum absolute atomic E-state index is 13.2. The van der Waals surface area contributed by atoms with Crippen molar-refractivity contribution >= 4 is 23.2 Å². The summed E-state index contributed by atoms with van der Waals surface area (Å²) in [5.74, 6) is 0.334. The monoisotopic (exact) mass is 391 g/mol. The molecule has 1 spiro atoms. The van der Waals surface area contributed by atoms with Crippen LogP contribution >= 0.6 is 0 Å². The molecule has 1 saturated carbocycles. The van der Waals surface area contributed by atoms with Gasteiger partial charge in [-0.05, 0) is 49.9 Å². The Balaban J connectivity index is 1.54. The number of ether oxygens (including phenoxy) is 1. The highest BCUT2D eigenvalue weighted by Gasteiger charge is 2.48. The smallest absolute Gasteiger partial charge is 0.275 e. The molecule has 1 N–H and O–H groups in total. The Bertz CT molecular complexity index is 916. The van der Waals surface area contributed by atoms with E-state index in [9.17, 15) is 9.59 Å². The summed E-state index contributed by atoms with van der Waals surface area (Å²) in [4.78, 5) is 32.6. The molecule has 4 rings (SSSR count). The van der Waals surface area contributed by atoms with Gasteiger partial charge in [0.25, 0.3) is 5.91 Å². The summed E-state index contributed by atoms with van der Waals surface area (Å²) in [6.45, 7) is -0.00923. The molecule has 1 heterocycles. The summed E-state index contributed by atoms with van der Waals surface area (Å²) < 4.78 is 5.14. The van der Waals surface area contributed by atoms with Crippen LogP contribution in [0.25, 0.3) is 0 Å². The molecule has 2 aromatic rings. The molecule has 6 heteroatoms. The van der Waals surface area contributed by atoms with Gasteiger partial charge in [0.1, 0.15) is 23.7 Å². The van der Waals surface area contributed by atoms with Crippen molar-refractivity contribution in [1.82, 2.24) is 4.90 Å². The second-order valence-electron chi connectivity index (χ2n) is 7.54. The van der Waals surface area contributed by atoms with E-state index in [0.717, 1.165) is 43.4 Å². The van der Waals surface area contributed by atoms with Crippen molar-refractivity contribution in [1.29, 1.82) is 0 Å². The number of methoxy groups -OCH3 is 1. The minimum absolute atomic E-state index is 0.00923. The molecule has 2 amide bonds. The number of rotatable bonds is 5. The molecule has 0 radical (unpaired) electrons. The quantitative estimate of drug-likeness (QED) is 0.846. The van der Waals surface area contributed by atoms with Crippen molar-refractivity contribution in [2.24, 2.45) is 4.99 Å². The summed E-state index contributed by atoms with van der Waals surface area (Å²) in [6.07, 6.45) is 4.75. The summed E-state index contributed by atoms with van der Waals surface area (Å²) >= 11 is 0. The Labute approximate surface area is 170 Å². The molecule has 0 unspecified atom stereocenters. The van der Waals surface area contributed by atoms with E-state index in [2.05, 4.69) is 5.32 Å². The Morgan fingerprint density at radius 3 is 2.41 bits per heavy atom. The third kappa shape index (κ3) is 3.88. The molecular formula is C23H25N3O3. The zero-order valence-electron chi connectivity index (χ0n) is 16.6. The number of benzene rings is 2. The first-order valence-corrected chi connectivity index (χ1v) is 10.0. The average molecular weight is 391 g/mol. The van der Waals surface area contributed by atoms with E-state index < -0.39 is 5.66 Å². The standard InChI is InChI=1S/C23H25N3O3/c1-29-19-12-10-18(11-13-19)24-20(27)16-26-22(28)21(17-8-4-2-5-9-17)25-23(26)14-6-3-7-15-23/h2,4-5,8-13H,3,6-7,14-16H2,1H3,(H,24,27). The first-order valence-electron chi connectivity index (χ1n) is 10.0. The first kappa shape index (κ1) is 19.2. The van der Waals surface area contributed by atoms with Gasteiger partial charge in [0.2, 0.25) is 5.91 Å². The van der Waals surface area contributed by atoms with Gasteiger partial charge >= 0.3 is 0 Å². The molecule has 1 fully saturated rings. The van der Waals surface area contributed by atoms with Gasteiger partial charge in [-0.1, -0.05) is 36.8 Å². The van der Waals surface area contributed by atoms with Crippen molar-refractivity contribution in [3.63, 3.8) is 0 Å². The third-order valence-corrected chi connectivity index (χ3v) is 5.65. The summed E-state index contributed by atoms with van der Waals surface area (Å²) in [7, 11) is 1.60. The number of carbonyl (C=O) groups is 2. The van der Waals surface area contributed by atoms with Crippen LogP contribution in [0.15, 0.2) is 59.6 Å². The molecule has 29 heavy (non-hydrogen) atoms. The summed E-state index contributed by atoms with van der Waals surface area (Å²) in [5, 5.41) is 2.88. The predicted octanol–water partition coefficient (Wildman–Crippen LogP) is 3.63. The SMILES string of the molecule is COc1ccc(NC(=O)CN2C(=O)C(c3ccccc3)=NC23CCCCC3)cc1. The van der Waals surface area contributed by atoms with E-state index in [-0.39, 0.29) is 18.4 Å². The Morgan fingerprint density at radius 1 is 1.07 bits per heavy atom. The minimum Gasteiger partial charge on any atom is -0.497 e. The number of hydrogen-bond donors (Lipinski definition) is 1. The lowest BCUT2D eigenvalue weighted by atomic mass is 9.88. The van der Waals surface area contributed by atoms with E-state index in [1.54, 1.807) is 36.3 Å². The molecule has 1 aliphatic carbocycles. The lowest BCUT2D eigenvalue weighted by Gasteiger charge is -2.38. The number of nitrogens with zero attached hydrogens (tertiary/aromatic N) is 2. The second-order valence-corrected chi connectivity index (χ2v) is 7.54. The number of amides is 2. The van der Waals surface area contributed by atoms with Crippen LogP contribution in [0.2, 0.25) is 0 Å². The molecule has 150 valence electrons. The van der Waals surface area contributed by atoms with Crippen molar-refractivity contribution in [2.45, 2.75) is 37.8 Å². The number of anilines is 1. The number of hydrogen-bond acceptors (Lipinski definition) is 4. The summed E-state index contributed by atoms with van der Waals surface area (Å²) in [5.41, 5.74) is 1.34. The largest absolute Gasteiger partial charge is 0.497 e. The van der Waals surface area contributed by atoms with Gasteiger partial charge in [-0.2, -0.15) is 0 Å². The molecule has 0 atom stereocenters. The maximum Gasteiger partial charge on any atom is 0.275 e. The van der Waals surface area contributed by atoms with Crippen LogP contribution in [0.3, 0.4) is 0 Å². The van der Waals surface area contributed by atoms with Crippen molar-refractivity contribution in [2.75, 3.05) is 19.0 Å². The van der Waals surface area contributed by atoms with E-state index in [0.29, 0.717) is 11.4 Å². The zero-order chi connectivity index (χ0) is 20.3. The van der Waals surface area contributed by atoms with Crippen LogP contribution in [0.4, 0.5) is 5.69 Å². The topological polar surface area (TPSA) is 71.0 Å². The fourth-order valence-electron chi connectivity index (χ4n) is 4.15. The van der Waals surface area contributed by atoms with Gasteiger partial charge in [0.05, 0.1) is 7.11 Å². The first-order chi connectivity index (χ1) is 14.1. The lowest BCUT2D eigenvalue weighted by Crippen LogP contribution is -2.51. The van der Waals surface area contributed by atoms with Crippen molar-refractivity contribution in [3.05, 3.63) is 60.2 Å². The van der Waals surface area contributed by atoms with Gasteiger partial charge in [-0.25, -0.2) is 0 Å². The molecule has 6 nitrogen and oxygen atoms in total. The molecule has 1 aliphatic heterocycles. The minimum atomic E-state index is -0.599. The zero-order valence-corrected chi connectivity index (χ0v) is 16.6. The number of aliphatic imine (C=N–C) groups is 1. The van der Waals surface area contributed by atoms with Crippen LogP contribution in [0.1, 0.15) is 37.7 Å². The Kier molecular flexibility index (Phi) is 5.34. The number of nitrogens with one attached hydrogen (secondary N) is 1. The highest BCUT2D eigenvalue weighted by Crippen LogP contribution is 2.39. The third-order valence-electron chi connectivity index (χ3n) is 5.65. The average Bonchev–Trinajstić information content (AvgIpc) is 3.01. The van der Waals surface area contributed by atoms with Gasteiger partial charge < -0.3 is 15.0 Å². The molecule has 0 bridgehead atoms. The predicted molar refractivity (Wildman–Crippen MR) is 112 cm³/mol. The van der Waals surface area contributed by atoms with Crippen molar-refractivity contribution in [3.8, 4) is 5.75 Å². The maximum atomic E-state index is 13.2. The molecule has 0 aromatic heterocycles. The van der Waals surface area contributed by atoms with Gasteiger partial charge in [-0.15, -0.1) is 0 Å². The van der Waals surface area contributed by atoms with Gasteiger partial charge in [0, 0.05) is 11.3 Å². The summed E-state index contributed by atoms with van der Waals surface area (Å²) in [6, 6.07) is 16.7. The fourth-order valence-corrected chi connectivity index (χ4v) is 4.15. The van der Waals surface area contributed by atoms with Crippen LogP contribution in [-0.2, 0) is 9.59 Å². The van der Waals surface area contributed by atoms with Crippen LogP contribution in [0, 0.1) is 0 Å². The van der Waals surface area contributed by atoms with Crippen LogP contribution in [-0.4, -0.2) is 41.7 Å². The van der Waals surface area contributed by atoms with E-state index >= 15 is 0 Å². The van der Waals surface area contributed by atoms with Crippen molar-refractivity contribution < 1.29 is 14.3 Å². The highest BCUT2D eigenvalue weighted by molar-refractivity contribution is 6.47. The normalized spacial score (nSPS) is 17.9. The lowest BCUT2D eigenvalue weighted by molar-refractivity contribution is -0.134. The Hall–Kier alpha value is -3.15. The van der Waals surface area contributed by atoms with E-state index in [1.165, 1.54) is 0 Å². The van der Waals surface area contributed by atoms with E-state index in [1.807, 2.05) is 30.3 Å². The van der Waals surface area contributed by atoms with Gasteiger partial charge in [-0.3, -0.25) is 14.6 Å². The van der Waals surface area contributed by atoms with Crippen LogP contribution in [0.5, 0.6) is 5.75 Å². The fraction of sp³-hybridized carbons (Fsp3) is 0.348.